The van der Waals surface area contributed by atoms with Crippen molar-refractivity contribution in [2.24, 2.45) is 25.4 Å². The summed E-state index contributed by atoms with van der Waals surface area (Å²) < 4.78 is 77.5. The van der Waals surface area contributed by atoms with E-state index >= 15 is 0 Å². The van der Waals surface area contributed by atoms with Gasteiger partial charge < -0.3 is 30.1 Å². The normalized spacial score (nSPS) is 11.9. The summed E-state index contributed by atoms with van der Waals surface area (Å²) in [7, 11) is -9.09. The first kappa shape index (κ1) is 59.8. The maximum absolute atomic E-state index is 13.4. The molecule has 0 atom stereocenters. The molecule has 0 bridgehead atoms. The van der Waals surface area contributed by atoms with Gasteiger partial charge in [-0.15, -0.1) is 15.3 Å². The number of amides is 1. The van der Waals surface area contributed by atoms with E-state index in [0.29, 0.717) is 81.6 Å². The van der Waals surface area contributed by atoms with Gasteiger partial charge in [-0.3, -0.25) is 18.9 Å². The van der Waals surface area contributed by atoms with Crippen molar-refractivity contribution in [1.82, 2.24) is 0 Å². The van der Waals surface area contributed by atoms with Gasteiger partial charge in [0.2, 0.25) is 0 Å². The van der Waals surface area contributed by atoms with Crippen LogP contribution in [0.5, 0.6) is 23.0 Å². The number of azo groups is 2. The number of carbonyl (C=O) groups excluding carboxylic acids is 1. The zero-order valence-electron chi connectivity index (χ0n) is 41.6. The molecular weight excluding hydrogens is 1200 g/mol. The van der Waals surface area contributed by atoms with E-state index in [0.717, 1.165) is 12.1 Å². The molecule has 23 heteroatoms. The number of ether oxygens (including phenoxy) is 2. The number of phenols is 1. The van der Waals surface area contributed by atoms with Crippen LogP contribution < -0.4 is 25.0 Å². The van der Waals surface area contributed by atoms with E-state index in [1.54, 1.807) is 111 Å². The first-order chi connectivity index (χ1) is 36.2. The first-order valence-electron chi connectivity index (χ1n) is 23.2. The number of halogens is 2. The summed E-state index contributed by atoms with van der Waals surface area (Å²) in [6.07, 6.45) is 0.602. The van der Waals surface area contributed by atoms with Crippen molar-refractivity contribution in [2.45, 2.75) is 50.3 Å². The van der Waals surface area contributed by atoms with E-state index in [4.69, 9.17) is 32.7 Å². The van der Waals surface area contributed by atoms with Crippen molar-refractivity contribution in [2.75, 3.05) is 18.5 Å². The monoisotopic (exact) mass is 1240 g/mol. The van der Waals surface area contributed by atoms with Crippen LogP contribution in [0.2, 0.25) is 10.0 Å². The summed E-state index contributed by atoms with van der Waals surface area (Å²) in [6, 6.07) is 35.1. The summed E-state index contributed by atoms with van der Waals surface area (Å²) in [4.78, 5) is 16.5. The zero-order valence-corrected chi connectivity index (χ0v) is 49.1. The van der Waals surface area contributed by atoms with Crippen molar-refractivity contribution in [3.8, 4) is 23.0 Å². The van der Waals surface area contributed by atoms with Crippen LogP contribution in [0.15, 0.2) is 169 Å². The maximum Gasteiger partial charge on any atom is 2.00 e. The topological polar surface area (TPSA) is 284 Å². The van der Waals surface area contributed by atoms with Crippen molar-refractivity contribution < 1.29 is 55.5 Å². The molecule has 0 aromatic heterocycles. The molecule has 0 radical (unpaired) electrons. The Labute approximate surface area is 493 Å². The smallest absolute Gasteiger partial charge is 0.871 e. The number of nitrogens with one attached hydrogen (secondary N) is 1. The first-order valence-corrected chi connectivity index (χ1v) is 26.8. The van der Waals surface area contributed by atoms with E-state index < -0.39 is 43.5 Å². The predicted molar refractivity (Wildman–Crippen MR) is 294 cm³/mol. The minimum Gasteiger partial charge on any atom is -0.871 e. The van der Waals surface area contributed by atoms with Gasteiger partial charge in [0.15, 0.2) is 5.75 Å². The van der Waals surface area contributed by atoms with Crippen molar-refractivity contribution in [1.29, 1.82) is 0 Å². The quantitative estimate of drug-likeness (QED) is 0.0231. The van der Waals surface area contributed by atoms with Gasteiger partial charge in [-0.25, -0.2) is 0 Å². The van der Waals surface area contributed by atoms with Gasteiger partial charge in [-0.05, 0) is 121 Å². The second-order valence-corrected chi connectivity index (χ2v) is 19.9. The molecule has 392 valence electrons. The number of aryl methyl sites for hydroxylation is 2. The summed E-state index contributed by atoms with van der Waals surface area (Å²) in [6.45, 7) is 8.02. The molecule has 8 rings (SSSR count). The fourth-order valence-electron chi connectivity index (χ4n) is 7.74. The molecule has 0 spiro atoms. The number of nitrogens with zero attached hydrogens (tertiary/aromatic N) is 5. The van der Waals surface area contributed by atoms with E-state index in [1.807, 2.05) is 13.8 Å². The second kappa shape index (κ2) is 26.3. The van der Waals surface area contributed by atoms with Gasteiger partial charge >= 0.3 is 48.9 Å². The van der Waals surface area contributed by atoms with Gasteiger partial charge in [0.1, 0.15) is 28.6 Å². The third-order valence-electron chi connectivity index (χ3n) is 11.3. The Balaban J connectivity index is 0.000000246. The molecule has 8 aromatic carbocycles. The van der Waals surface area contributed by atoms with Crippen molar-refractivity contribution in [3.63, 3.8) is 0 Å². The van der Waals surface area contributed by atoms with Crippen LogP contribution in [0.3, 0.4) is 0 Å². The Morgan fingerprint density at radius 3 is 1.61 bits per heavy atom. The molecule has 0 aliphatic carbocycles. The number of benzene rings is 8. The molecule has 18 nitrogen and oxygen atoms in total. The molecule has 0 saturated heterocycles. The Morgan fingerprint density at radius 1 is 0.610 bits per heavy atom. The second-order valence-electron chi connectivity index (χ2n) is 16.3. The predicted octanol–water partition coefficient (Wildman–Crippen LogP) is 12.3. The summed E-state index contributed by atoms with van der Waals surface area (Å²) >= 11 is 12.6. The average Bonchev–Trinajstić information content (AvgIpc) is 3.38. The number of carbonyl (C=O) groups is 1. The Morgan fingerprint density at radius 2 is 1.09 bits per heavy atom. The molecule has 0 aliphatic rings. The van der Waals surface area contributed by atoms with Gasteiger partial charge in [0.05, 0.1) is 50.0 Å². The molecule has 0 aliphatic heterocycles. The SMILES string of the molecule is CCOc1cccc(N=C([O-])c2cc3ccccc3c(N=Nc3cc(S(=O)(=O)O)c(CC)cc3Cl)c2[O-])c1.CCOc1cccc(NC(=O)c2cc3ccccc3c(N=Nc3cc(S(=O)(=O)O)c(CC)cc3Cl)c2O)c1.[Ba+2]. The number of hydrogen-bond donors (Lipinski definition) is 4. The Kier molecular flexibility index (Phi) is 20.4. The molecule has 1 amide bonds. The minimum atomic E-state index is -4.55. The van der Waals surface area contributed by atoms with Crippen LogP contribution in [-0.4, -0.2) is 105 Å². The van der Waals surface area contributed by atoms with Crippen molar-refractivity contribution >= 4 is 160 Å². The van der Waals surface area contributed by atoms with Gasteiger partial charge in [-0.2, -0.15) is 21.9 Å². The molecular formula is C54H46BaCl2N6O12S2. The number of hydrogen-bond acceptors (Lipinski definition) is 15. The van der Waals surface area contributed by atoms with Gasteiger partial charge in [-0.1, -0.05) is 103 Å². The molecule has 0 unspecified atom stereocenters. The zero-order chi connectivity index (χ0) is 54.9. The van der Waals surface area contributed by atoms with E-state index in [2.05, 4.69) is 30.8 Å². The Hall–Kier alpha value is -6.41. The van der Waals surface area contributed by atoms with E-state index in [1.165, 1.54) is 24.3 Å². The van der Waals surface area contributed by atoms with Gasteiger partial charge in [0.25, 0.3) is 26.1 Å². The molecule has 0 saturated carbocycles. The van der Waals surface area contributed by atoms with Crippen molar-refractivity contribution in [3.05, 3.63) is 166 Å². The average molecular weight is 1240 g/mol. The van der Waals surface area contributed by atoms with E-state index in [-0.39, 0.29) is 103 Å². The van der Waals surface area contributed by atoms with Crippen LogP contribution in [-0.2, 0) is 33.1 Å². The molecule has 0 heterocycles. The summed E-state index contributed by atoms with van der Waals surface area (Å²) in [5.41, 5.74) is 0.863. The minimum absolute atomic E-state index is 0. The van der Waals surface area contributed by atoms with E-state index in [9.17, 15) is 46.1 Å². The summed E-state index contributed by atoms with van der Waals surface area (Å²) in [5, 5.41) is 58.8. The summed E-state index contributed by atoms with van der Waals surface area (Å²) in [5.74, 6) is -1.38. The molecule has 77 heavy (non-hydrogen) atoms. The van der Waals surface area contributed by atoms with Crippen LogP contribution in [0, 0.1) is 0 Å². The molecule has 4 N–H and O–H groups in total. The van der Waals surface area contributed by atoms with Crippen LogP contribution in [0.25, 0.3) is 21.5 Å². The fraction of sp³-hybridized carbons (Fsp3) is 0.148. The third kappa shape index (κ3) is 14.6. The van der Waals surface area contributed by atoms with Crippen LogP contribution in [0.4, 0.5) is 34.1 Å². The molecule has 8 aromatic rings. The number of fused-ring (bicyclic) bond motifs is 2. The number of aromatic hydroxyl groups is 1. The number of phenolic OH excluding ortho intramolecular Hbond substituents is 1. The molecule has 0 fully saturated rings. The maximum atomic E-state index is 13.4. The number of aliphatic imine (C=N–C) groups is 1. The largest absolute Gasteiger partial charge is 2.00 e. The van der Waals surface area contributed by atoms with Crippen LogP contribution >= 0.6 is 23.2 Å². The standard InChI is InChI=1S/2C27H24ClN3O6S.Ba/c2*1-3-16-13-22(28)23(15-24(16)38(34,35)36)30-31-25-20-11-6-5-8-17(20)12-21(26(25)32)27(33)29-18-9-7-10-19(14-18)37-4-2;/h2*5-15,32H,3-4H2,1-2H3,(H,29,33)(H,34,35,36);/q;;+2/p-2. The van der Waals surface area contributed by atoms with Gasteiger partial charge in [0, 0.05) is 28.6 Å². The van der Waals surface area contributed by atoms with Crippen LogP contribution in [0.1, 0.15) is 54.7 Å². The third-order valence-corrected chi connectivity index (χ3v) is 13.8. The number of anilines is 1. The number of rotatable bonds is 16. The fourth-order valence-corrected chi connectivity index (χ4v) is 9.78. The Bertz CT molecular complexity index is 3860.